The van der Waals surface area contributed by atoms with E-state index in [1.54, 1.807) is 11.3 Å². The normalized spacial score (nSPS) is 26.7. The van der Waals surface area contributed by atoms with Crippen molar-refractivity contribution in [3.8, 4) is 0 Å². The van der Waals surface area contributed by atoms with Gasteiger partial charge in [0.2, 0.25) is 0 Å². The molecule has 0 spiro atoms. The van der Waals surface area contributed by atoms with Gasteiger partial charge in [0, 0.05) is 17.6 Å². The van der Waals surface area contributed by atoms with E-state index in [0.29, 0.717) is 11.5 Å². The molecule has 0 bridgehead atoms. The number of anilines is 1. The van der Waals surface area contributed by atoms with Crippen molar-refractivity contribution in [3.63, 3.8) is 0 Å². The van der Waals surface area contributed by atoms with E-state index in [1.807, 2.05) is 11.6 Å². The average Bonchev–Trinajstić information content (AvgIpc) is 2.70. The maximum atomic E-state index is 4.29. The monoisotopic (exact) mass is 238 g/mol. The van der Waals surface area contributed by atoms with Crippen LogP contribution in [0.2, 0.25) is 0 Å². The molecule has 0 atom stereocenters. The van der Waals surface area contributed by atoms with Gasteiger partial charge in [-0.3, -0.25) is 0 Å². The van der Waals surface area contributed by atoms with Crippen LogP contribution in [0.15, 0.2) is 11.6 Å². The Labute approximate surface area is 102 Å². The van der Waals surface area contributed by atoms with Crippen LogP contribution in [0.5, 0.6) is 0 Å². The minimum Gasteiger partial charge on any atom is -0.359 e. The van der Waals surface area contributed by atoms with Gasteiger partial charge in [0.1, 0.15) is 0 Å². The lowest BCUT2D eigenvalue weighted by Crippen LogP contribution is -2.31. The molecule has 1 aromatic rings. The SMILES string of the molecule is CC(C)(C)C1CCC(Nc2nccs2)CC1. The van der Waals surface area contributed by atoms with Crippen LogP contribution in [0.25, 0.3) is 0 Å². The fourth-order valence-corrected chi connectivity index (χ4v) is 3.18. The minimum atomic E-state index is 0.478. The van der Waals surface area contributed by atoms with Crippen molar-refractivity contribution < 1.29 is 0 Å². The predicted molar refractivity (Wildman–Crippen MR) is 70.9 cm³/mol. The molecule has 3 heteroatoms. The first kappa shape index (κ1) is 11.9. The number of aromatic nitrogens is 1. The number of hydrogen-bond donors (Lipinski definition) is 1. The van der Waals surface area contributed by atoms with E-state index < -0.39 is 0 Å². The molecule has 1 fully saturated rings. The second kappa shape index (κ2) is 4.74. The average molecular weight is 238 g/mol. The Bertz CT molecular complexity index is 305. The number of rotatable bonds is 2. The first-order chi connectivity index (χ1) is 7.55. The molecule has 16 heavy (non-hydrogen) atoms. The maximum Gasteiger partial charge on any atom is 0.182 e. The molecule has 0 radical (unpaired) electrons. The summed E-state index contributed by atoms with van der Waals surface area (Å²) in [4.78, 5) is 4.29. The summed E-state index contributed by atoms with van der Waals surface area (Å²) in [5.41, 5.74) is 0.478. The highest BCUT2D eigenvalue weighted by atomic mass is 32.1. The van der Waals surface area contributed by atoms with E-state index in [2.05, 4.69) is 31.1 Å². The van der Waals surface area contributed by atoms with Crippen LogP contribution in [0.4, 0.5) is 5.13 Å². The Morgan fingerprint density at radius 3 is 2.44 bits per heavy atom. The highest BCUT2D eigenvalue weighted by molar-refractivity contribution is 7.13. The number of nitrogens with one attached hydrogen (secondary N) is 1. The van der Waals surface area contributed by atoms with E-state index >= 15 is 0 Å². The highest BCUT2D eigenvalue weighted by Gasteiger charge is 2.29. The lowest BCUT2D eigenvalue weighted by molar-refractivity contribution is 0.173. The molecule has 1 saturated carbocycles. The molecule has 90 valence electrons. The molecule has 0 saturated heterocycles. The lowest BCUT2D eigenvalue weighted by atomic mass is 9.71. The van der Waals surface area contributed by atoms with Gasteiger partial charge >= 0.3 is 0 Å². The molecule has 0 aromatic carbocycles. The minimum absolute atomic E-state index is 0.478. The van der Waals surface area contributed by atoms with Crippen LogP contribution >= 0.6 is 11.3 Å². The van der Waals surface area contributed by atoms with E-state index in [4.69, 9.17) is 0 Å². The predicted octanol–water partition coefficient (Wildman–Crippen LogP) is 4.16. The second-order valence-electron chi connectivity index (χ2n) is 5.90. The second-order valence-corrected chi connectivity index (χ2v) is 6.79. The van der Waals surface area contributed by atoms with Crippen molar-refractivity contribution in [3.05, 3.63) is 11.6 Å². The zero-order valence-corrected chi connectivity index (χ0v) is 11.3. The van der Waals surface area contributed by atoms with Gasteiger partial charge in [-0.2, -0.15) is 0 Å². The molecule has 1 N–H and O–H groups in total. The maximum absolute atomic E-state index is 4.29. The van der Waals surface area contributed by atoms with Gasteiger partial charge < -0.3 is 5.32 Å². The quantitative estimate of drug-likeness (QED) is 0.837. The van der Waals surface area contributed by atoms with Crippen LogP contribution in [-0.2, 0) is 0 Å². The third-order valence-electron chi connectivity index (χ3n) is 3.71. The van der Waals surface area contributed by atoms with Crippen molar-refractivity contribution in [2.75, 3.05) is 5.32 Å². The zero-order valence-electron chi connectivity index (χ0n) is 10.5. The summed E-state index contributed by atoms with van der Waals surface area (Å²) >= 11 is 1.70. The molecule has 1 aliphatic rings. The Morgan fingerprint density at radius 2 is 1.94 bits per heavy atom. The van der Waals surface area contributed by atoms with Gasteiger partial charge in [0.05, 0.1) is 0 Å². The Hall–Kier alpha value is -0.570. The molecule has 0 unspecified atom stereocenters. The zero-order chi connectivity index (χ0) is 11.6. The number of thiazole rings is 1. The third kappa shape index (κ3) is 2.97. The lowest BCUT2D eigenvalue weighted by Gasteiger charge is -2.37. The number of nitrogens with zero attached hydrogens (tertiary/aromatic N) is 1. The third-order valence-corrected chi connectivity index (χ3v) is 4.42. The molecule has 1 aromatic heterocycles. The molecule has 2 rings (SSSR count). The first-order valence-electron chi connectivity index (χ1n) is 6.22. The summed E-state index contributed by atoms with van der Waals surface area (Å²) < 4.78 is 0. The van der Waals surface area contributed by atoms with Crippen LogP contribution in [0.1, 0.15) is 46.5 Å². The van der Waals surface area contributed by atoms with E-state index in [0.717, 1.165) is 11.0 Å². The van der Waals surface area contributed by atoms with Gasteiger partial charge in [-0.1, -0.05) is 20.8 Å². The summed E-state index contributed by atoms with van der Waals surface area (Å²) in [5, 5.41) is 6.65. The molecular weight excluding hydrogens is 216 g/mol. The number of hydrogen-bond acceptors (Lipinski definition) is 3. The van der Waals surface area contributed by atoms with E-state index in [1.165, 1.54) is 25.7 Å². The van der Waals surface area contributed by atoms with Gasteiger partial charge in [0.15, 0.2) is 5.13 Å². The molecule has 2 nitrogen and oxygen atoms in total. The summed E-state index contributed by atoms with van der Waals surface area (Å²) in [5.74, 6) is 0.891. The van der Waals surface area contributed by atoms with Crippen molar-refractivity contribution in [2.45, 2.75) is 52.5 Å². The molecule has 0 aliphatic heterocycles. The molecular formula is C13H22N2S. The highest BCUT2D eigenvalue weighted by Crippen LogP contribution is 2.38. The summed E-state index contributed by atoms with van der Waals surface area (Å²) in [6.07, 6.45) is 7.16. The summed E-state index contributed by atoms with van der Waals surface area (Å²) in [6.45, 7) is 7.10. The van der Waals surface area contributed by atoms with E-state index in [-0.39, 0.29) is 0 Å². The van der Waals surface area contributed by atoms with Crippen LogP contribution in [0.3, 0.4) is 0 Å². The Morgan fingerprint density at radius 1 is 1.25 bits per heavy atom. The van der Waals surface area contributed by atoms with Crippen LogP contribution in [0, 0.1) is 11.3 Å². The van der Waals surface area contributed by atoms with Gasteiger partial charge in [-0.15, -0.1) is 11.3 Å². The summed E-state index contributed by atoms with van der Waals surface area (Å²) in [6, 6.07) is 0.643. The fourth-order valence-electron chi connectivity index (χ4n) is 2.57. The first-order valence-corrected chi connectivity index (χ1v) is 7.09. The van der Waals surface area contributed by atoms with Gasteiger partial charge in [0.25, 0.3) is 0 Å². The van der Waals surface area contributed by atoms with Crippen molar-refractivity contribution in [1.29, 1.82) is 0 Å². The Balaban J connectivity index is 1.82. The van der Waals surface area contributed by atoms with Crippen LogP contribution < -0.4 is 5.32 Å². The standard InChI is InChI=1S/C13H22N2S/c1-13(2,3)10-4-6-11(7-5-10)15-12-14-8-9-16-12/h8-11H,4-7H2,1-3H3,(H,14,15). The van der Waals surface area contributed by atoms with Crippen molar-refractivity contribution >= 4 is 16.5 Å². The topological polar surface area (TPSA) is 24.9 Å². The van der Waals surface area contributed by atoms with Crippen molar-refractivity contribution in [2.24, 2.45) is 11.3 Å². The van der Waals surface area contributed by atoms with E-state index in [9.17, 15) is 0 Å². The largest absolute Gasteiger partial charge is 0.359 e. The van der Waals surface area contributed by atoms with Crippen LogP contribution in [-0.4, -0.2) is 11.0 Å². The van der Waals surface area contributed by atoms with Gasteiger partial charge in [-0.05, 0) is 37.0 Å². The Kier molecular flexibility index (Phi) is 3.53. The summed E-state index contributed by atoms with van der Waals surface area (Å²) in [7, 11) is 0. The van der Waals surface area contributed by atoms with Gasteiger partial charge in [-0.25, -0.2) is 4.98 Å². The molecule has 1 aliphatic carbocycles. The molecule has 1 heterocycles. The van der Waals surface area contributed by atoms with Crippen molar-refractivity contribution in [1.82, 2.24) is 4.98 Å². The smallest absolute Gasteiger partial charge is 0.182 e. The fraction of sp³-hybridized carbons (Fsp3) is 0.769. The molecule has 0 amide bonds.